The number of carbonyl (C=O) groups is 1. The molecule has 1 aliphatic rings. The van der Waals surface area contributed by atoms with Gasteiger partial charge in [0.05, 0.1) is 14.2 Å². The van der Waals surface area contributed by atoms with E-state index in [4.69, 9.17) is 9.47 Å². The molecule has 2 amide bonds. The lowest BCUT2D eigenvalue weighted by Crippen LogP contribution is -2.43. The predicted molar refractivity (Wildman–Crippen MR) is 102 cm³/mol. The maximum absolute atomic E-state index is 12.5. The van der Waals surface area contributed by atoms with E-state index in [-0.39, 0.29) is 6.03 Å². The summed E-state index contributed by atoms with van der Waals surface area (Å²) in [6, 6.07) is 16.2. The normalized spacial score (nSPS) is 14.8. The van der Waals surface area contributed by atoms with Crippen LogP contribution in [0.5, 0.6) is 11.5 Å². The Morgan fingerprint density at radius 3 is 2.42 bits per heavy atom. The van der Waals surface area contributed by atoms with E-state index in [2.05, 4.69) is 29.6 Å². The minimum Gasteiger partial charge on any atom is -0.493 e. The topological polar surface area (TPSA) is 50.8 Å². The van der Waals surface area contributed by atoms with E-state index in [0.717, 1.165) is 31.5 Å². The van der Waals surface area contributed by atoms with Crippen LogP contribution in [0.2, 0.25) is 0 Å². The maximum Gasteiger partial charge on any atom is 0.317 e. The molecule has 0 aliphatic carbocycles. The van der Waals surface area contributed by atoms with E-state index in [0.29, 0.717) is 24.0 Å². The van der Waals surface area contributed by atoms with Crippen LogP contribution in [0.4, 0.5) is 4.79 Å². The third kappa shape index (κ3) is 4.10. The van der Waals surface area contributed by atoms with Gasteiger partial charge in [0.15, 0.2) is 11.5 Å². The number of nitrogens with one attached hydrogen (secondary N) is 1. The Balaban J connectivity index is 1.54. The molecule has 1 aliphatic heterocycles. The first-order valence-corrected chi connectivity index (χ1v) is 9.00. The number of piperidine rings is 1. The molecule has 1 saturated heterocycles. The number of rotatable bonds is 5. The second kappa shape index (κ2) is 8.61. The molecule has 0 atom stereocenters. The van der Waals surface area contributed by atoms with Crippen LogP contribution in [0, 0.1) is 0 Å². The van der Waals surface area contributed by atoms with Crippen molar-refractivity contribution in [3.8, 4) is 11.5 Å². The highest BCUT2D eigenvalue weighted by atomic mass is 16.5. The summed E-state index contributed by atoms with van der Waals surface area (Å²) in [5.41, 5.74) is 2.27. The van der Waals surface area contributed by atoms with Crippen molar-refractivity contribution in [2.24, 2.45) is 0 Å². The second-order valence-electron chi connectivity index (χ2n) is 6.48. The number of hydrogen-bond acceptors (Lipinski definition) is 3. The monoisotopic (exact) mass is 354 g/mol. The Morgan fingerprint density at radius 2 is 1.77 bits per heavy atom. The molecular weight excluding hydrogens is 328 g/mol. The maximum atomic E-state index is 12.5. The van der Waals surface area contributed by atoms with Crippen molar-refractivity contribution >= 4 is 6.03 Å². The molecule has 1 N–H and O–H groups in total. The number of carbonyl (C=O) groups excluding carboxylic acids is 1. The number of methoxy groups -OCH3 is 2. The van der Waals surface area contributed by atoms with Crippen molar-refractivity contribution in [3.05, 3.63) is 59.7 Å². The molecule has 0 unspecified atom stereocenters. The van der Waals surface area contributed by atoms with E-state index in [1.807, 2.05) is 29.2 Å². The van der Waals surface area contributed by atoms with Gasteiger partial charge in [0.25, 0.3) is 0 Å². The van der Waals surface area contributed by atoms with Crippen LogP contribution in [0.15, 0.2) is 48.5 Å². The molecule has 5 heteroatoms. The minimum absolute atomic E-state index is 0.0265. The first kappa shape index (κ1) is 18.1. The molecule has 0 bridgehead atoms. The van der Waals surface area contributed by atoms with Gasteiger partial charge in [0.2, 0.25) is 0 Å². The highest BCUT2D eigenvalue weighted by Gasteiger charge is 2.23. The number of benzene rings is 2. The largest absolute Gasteiger partial charge is 0.493 e. The standard InChI is InChI=1S/C21H26N2O3/c1-25-19-10-6-9-18(20(19)26-2)15-22-21(24)23-13-11-17(12-14-23)16-7-4-3-5-8-16/h3-10,17H,11-15H2,1-2H3,(H,22,24). The van der Waals surface area contributed by atoms with Gasteiger partial charge in [-0.15, -0.1) is 0 Å². The number of amides is 2. The zero-order chi connectivity index (χ0) is 18.4. The molecular formula is C21H26N2O3. The Kier molecular flexibility index (Phi) is 6.00. The first-order chi connectivity index (χ1) is 12.7. The van der Waals surface area contributed by atoms with Crippen molar-refractivity contribution in [1.29, 1.82) is 0 Å². The summed E-state index contributed by atoms with van der Waals surface area (Å²) in [6.45, 7) is 1.97. The molecule has 0 saturated carbocycles. The van der Waals surface area contributed by atoms with Crippen LogP contribution in [0.25, 0.3) is 0 Å². The molecule has 2 aromatic carbocycles. The number of nitrogens with zero attached hydrogens (tertiary/aromatic N) is 1. The van der Waals surface area contributed by atoms with Gasteiger partial charge in [-0.1, -0.05) is 42.5 Å². The summed E-state index contributed by atoms with van der Waals surface area (Å²) in [5.74, 6) is 1.87. The van der Waals surface area contributed by atoms with Gasteiger partial charge in [-0.05, 0) is 30.4 Å². The summed E-state index contributed by atoms with van der Waals surface area (Å²) in [7, 11) is 3.22. The summed E-state index contributed by atoms with van der Waals surface area (Å²) < 4.78 is 10.7. The molecule has 2 aromatic rings. The summed E-state index contributed by atoms with van der Waals surface area (Å²) >= 11 is 0. The summed E-state index contributed by atoms with van der Waals surface area (Å²) in [5, 5.41) is 3.00. The van der Waals surface area contributed by atoms with Crippen LogP contribution in [0.3, 0.4) is 0 Å². The highest BCUT2D eigenvalue weighted by Crippen LogP contribution is 2.31. The van der Waals surface area contributed by atoms with Crippen molar-refractivity contribution in [2.45, 2.75) is 25.3 Å². The molecule has 0 radical (unpaired) electrons. The van der Waals surface area contributed by atoms with Gasteiger partial charge in [-0.3, -0.25) is 0 Å². The van der Waals surface area contributed by atoms with Crippen molar-refractivity contribution in [2.75, 3.05) is 27.3 Å². The van der Waals surface area contributed by atoms with Gasteiger partial charge >= 0.3 is 6.03 Å². The van der Waals surface area contributed by atoms with Crippen LogP contribution in [-0.2, 0) is 6.54 Å². The highest BCUT2D eigenvalue weighted by molar-refractivity contribution is 5.74. The number of ether oxygens (including phenoxy) is 2. The molecule has 138 valence electrons. The average Bonchev–Trinajstić information content (AvgIpc) is 2.72. The summed E-state index contributed by atoms with van der Waals surface area (Å²) in [6.07, 6.45) is 2.00. The van der Waals surface area contributed by atoms with Gasteiger partial charge in [0, 0.05) is 25.2 Å². The molecule has 0 aromatic heterocycles. The lowest BCUT2D eigenvalue weighted by Gasteiger charge is -2.32. The number of para-hydroxylation sites is 1. The Morgan fingerprint density at radius 1 is 1.04 bits per heavy atom. The smallest absolute Gasteiger partial charge is 0.317 e. The van der Waals surface area contributed by atoms with Crippen LogP contribution >= 0.6 is 0 Å². The lowest BCUT2D eigenvalue weighted by molar-refractivity contribution is 0.181. The van der Waals surface area contributed by atoms with Gasteiger partial charge in [0.1, 0.15) is 0 Å². The Labute approximate surface area is 154 Å². The van der Waals surface area contributed by atoms with Crippen LogP contribution in [0.1, 0.15) is 29.9 Å². The molecule has 26 heavy (non-hydrogen) atoms. The number of likely N-dealkylation sites (tertiary alicyclic amines) is 1. The van der Waals surface area contributed by atoms with Gasteiger partial charge < -0.3 is 19.7 Å². The van der Waals surface area contributed by atoms with Gasteiger partial charge in [-0.2, -0.15) is 0 Å². The Bertz CT molecular complexity index is 725. The number of urea groups is 1. The molecule has 3 rings (SSSR count). The molecule has 1 fully saturated rings. The molecule has 0 spiro atoms. The fraction of sp³-hybridized carbons (Fsp3) is 0.381. The molecule has 1 heterocycles. The van der Waals surface area contributed by atoms with Crippen LogP contribution in [-0.4, -0.2) is 38.2 Å². The third-order valence-electron chi connectivity index (χ3n) is 4.97. The Hall–Kier alpha value is -2.69. The second-order valence-corrected chi connectivity index (χ2v) is 6.48. The predicted octanol–water partition coefficient (Wildman–Crippen LogP) is 3.79. The van der Waals surface area contributed by atoms with E-state index in [1.54, 1.807) is 14.2 Å². The van der Waals surface area contributed by atoms with Crippen molar-refractivity contribution in [1.82, 2.24) is 10.2 Å². The minimum atomic E-state index is -0.0265. The summed E-state index contributed by atoms with van der Waals surface area (Å²) in [4.78, 5) is 14.4. The van der Waals surface area contributed by atoms with Crippen molar-refractivity contribution < 1.29 is 14.3 Å². The fourth-order valence-corrected chi connectivity index (χ4v) is 3.52. The van der Waals surface area contributed by atoms with Crippen molar-refractivity contribution in [3.63, 3.8) is 0 Å². The fourth-order valence-electron chi connectivity index (χ4n) is 3.52. The van der Waals surface area contributed by atoms with E-state index < -0.39 is 0 Å². The van der Waals surface area contributed by atoms with E-state index in [1.165, 1.54) is 5.56 Å². The average molecular weight is 354 g/mol. The quantitative estimate of drug-likeness (QED) is 0.889. The van der Waals surface area contributed by atoms with E-state index in [9.17, 15) is 4.79 Å². The lowest BCUT2D eigenvalue weighted by atomic mass is 9.90. The zero-order valence-electron chi connectivity index (χ0n) is 15.4. The zero-order valence-corrected chi connectivity index (χ0v) is 15.4. The third-order valence-corrected chi connectivity index (χ3v) is 4.97. The molecule has 5 nitrogen and oxygen atoms in total. The number of hydrogen-bond donors (Lipinski definition) is 1. The van der Waals surface area contributed by atoms with Gasteiger partial charge in [-0.25, -0.2) is 4.79 Å². The van der Waals surface area contributed by atoms with Crippen LogP contribution < -0.4 is 14.8 Å². The first-order valence-electron chi connectivity index (χ1n) is 9.00. The van der Waals surface area contributed by atoms with E-state index >= 15 is 0 Å². The SMILES string of the molecule is COc1cccc(CNC(=O)N2CCC(c3ccccc3)CC2)c1OC.